The van der Waals surface area contributed by atoms with Gasteiger partial charge >= 0.3 is 0 Å². The number of aromatic nitrogens is 2. The van der Waals surface area contributed by atoms with Crippen molar-refractivity contribution in [2.24, 2.45) is 10.2 Å². The number of aliphatic hydroxyl groups excluding tert-OH is 1. The van der Waals surface area contributed by atoms with Crippen LogP contribution in [0.2, 0.25) is 24.7 Å². The molecule has 2 aromatic heterocycles. The topological polar surface area (TPSA) is 170 Å². The molecule has 0 unspecified atom stereocenters. The second-order valence-corrected chi connectivity index (χ2v) is 14.2. The van der Waals surface area contributed by atoms with Crippen molar-refractivity contribution < 1.29 is 13.9 Å². The Morgan fingerprint density at radius 3 is 1.63 bits per heavy atom. The molecule has 0 aliphatic rings. The molecule has 0 aliphatic carbocycles. The zero-order chi connectivity index (χ0) is 23.2. The minimum absolute atomic E-state index is 0.0799. The van der Waals surface area contributed by atoms with Crippen LogP contribution in [0.4, 0.5) is 0 Å². The summed E-state index contributed by atoms with van der Waals surface area (Å²) in [5.41, 5.74) is 15.9. The van der Waals surface area contributed by atoms with Crippen molar-refractivity contribution in [3.63, 3.8) is 0 Å². The monoisotopic (exact) mass is 436 g/mol. The van der Waals surface area contributed by atoms with Crippen molar-refractivity contribution in [3.8, 4) is 0 Å². The average Bonchev–Trinajstić information content (AvgIpc) is 3.33. The Kier molecular flexibility index (Phi) is 12.2. The highest BCUT2D eigenvalue weighted by Gasteiger charge is 2.29. The van der Waals surface area contributed by atoms with Gasteiger partial charge in [0.1, 0.15) is 31.2 Å². The third-order valence-corrected chi connectivity index (χ3v) is 9.00. The summed E-state index contributed by atoms with van der Waals surface area (Å²) < 4.78 is 10.1. The first-order valence-corrected chi connectivity index (χ1v) is 13.0. The van der Waals surface area contributed by atoms with Gasteiger partial charge in [0.05, 0.1) is 12.4 Å². The van der Waals surface area contributed by atoms with Crippen LogP contribution in [0.5, 0.6) is 0 Å². The first-order valence-electron chi connectivity index (χ1n) is 9.48. The highest BCUT2D eigenvalue weighted by Crippen LogP contribution is 2.35. The molecule has 0 aromatic carbocycles. The minimum Gasteiger partial charge on any atom is -0.446 e. The van der Waals surface area contributed by atoms with Gasteiger partial charge in [0.15, 0.2) is 11.8 Å². The zero-order valence-electron chi connectivity index (χ0n) is 18.8. The summed E-state index contributed by atoms with van der Waals surface area (Å²) in [5.74, 6) is 1.97. The lowest BCUT2D eigenvalue weighted by Crippen LogP contribution is -2.32. The van der Waals surface area contributed by atoms with E-state index in [0.717, 1.165) is 12.2 Å². The number of nitrogens with zero attached hydrogens (tertiary/aromatic N) is 8. The number of aliphatic hydroxyl groups is 1. The van der Waals surface area contributed by atoms with Gasteiger partial charge in [-0.15, -0.1) is 0 Å². The van der Waals surface area contributed by atoms with Crippen LogP contribution in [0.15, 0.2) is 31.5 Å². The molecule has 0 aliphatic heterocycles. The summed E-state index contributed by atoms with van der Waals surface area (Å²) in [5, 5.41) is 15.7. The van der Waals surface area contributed by atoms with Gasteiger partial charge in [-0.3, -0.25) is 0 Å². The van der Waals surface area contributed by atoms with E-state index in [2.05, 4.69) is 70.4 Å². The van der Waals surface area contributed by atoms with Crippen LogP contribution in [0, 0.1) is 0 Å². The molecular formula is C18H32N8O3Si. The molecule has 30 heavy (non-hydrogen) atoms. The Morgan fingerprint density at radius 1 is 0.967 bits per heavy atom. The van der Waals surface area contributed by atoms with E-state index in [9.17, 15) is 0 Å². The molecule has 11 nitrogen and oxygen atoms in total. The van der Waals surface area contributed by atoms with Crippen LogP contribution in [0.1, 0.15) is 51.0 Å². The molecule has 0 atom stereocenters. The van der Waals surface area contributed by atoms with Crippen molar-refractivity contribution >= 4 is 8.07 Å². The van der Waals surface area contributed by atoms with Crippen molar-refractivity contribution in [2.45, 2.75) is 78.5 Å². The fraction of sp³-hybridized carbons (Fsp3) is 0.667. The van der Waals surface area contributed by atoms with Crippen LogP contribution in [0.3, 0.4) is 0 Å². The molecule has 0 spiro atoms. The summed E-state index contributed by atoms with van der Waals surface area (Å²) in [6, 6.07) is 0. The fourth-order valence-electron chi connectivity index (χ4n) is 1.26. The van der Waals surface area contributed by atoms with E-state index >= 15 is 0 Å². The highest BCUT2D eigenvalue weighted by atomic mass is 28.3. The molecule has 12 heteroatoms. The largest absolute Gasteiger partial charge is 0.446 e. The predicted molar refractivity (Wildman–Crippen MR) is 117 cm³/mol. The first kappa shape index (κ1) is 27.2. The van der Waals surface area contributed by atoms with Crippen LogP contribution in [0.25, 0.3) is 20.9 Å². The maximum atomic E-state index is 8.54. The van der Waals surface area contributed by atoms with E-state index in [-0.39, 0.29) is 19.7 Å². The number of hydrogen-bond donors (Lipinski definition) is 1. The number of rotatable bonds is 6. The van der Waals surface area contributed by atoms with Crippen molar-refractivity contribution in [2.75, 3.05) is 0 Å². The van der Waals surface area contributed by atoms with Gasteiger partial charge in [-0.05, 0) is 16.1 Å². The number of hydrogen-bond acceptors (Lipinski definition) is 7. The molecule has 2 heterocycles. The van der Waals surface area contributed by atoms with Gasteiger partial charge < -0.3 is 13.9 Å². The van der Waals surface area contributed by atoms with Gasteiger partial charge in [-0.25, -0.2) is 9.97 Å². The van der Waals surface area contributed by atoms with Crippen LogP contribution in [-0.2, 0) is 26.1 Å². The smallest absolute Gasteiger partial charge is 0.200 e. The quantitative estimate of drug-likeness (QED) is 0.247. The van der Waals surface area contributed by atoms with Crippen molar-refractivity contribution in [1.29, 1.82) is 0 Å². The van der Waals surface area contributed by atoms with Crippen LogP contribution >= 0.6 is 0 Å². The summed E-state index contributed by atoms with van der Waals surface area (Å²) >= 11 is 0. The van der Waals surface area contributed by atoms with E-state index < -0.39 is 8.07 Å². The van der Waals surface area contributed by atoms with E-state index in [1.165, 1.54) is 6.20 Å². The number of oxazole rings is 2. The Balaban J connectivity index is 0.000000428. The van der Waals surface area contributed by atoms with Gasteiger partial charge in [-0.2, -0.15) is 0 Å². The molecule has 0 bridgehead atoms. The number of azide groups is 2. The third kappa shape index (κ3) is 11.3. The van der Waals surface area contributed by atoms with Gasteiger partial charge in [0.2, 0.25) is 0 Å². The normalized spacial score (nSPS) is 10.5. The third-order valence-electron chi connectivity index (χ3n) is 4.50. The molecule has 0 saturated heterocycles. The van der Waals surface area contributed by atoms with E-state index in [1.807, 2.05) is 6.92 Å². The zero-order valence-corrected chi connectivity index (χ0v) is 19.8. The molecule has 0 amide bonds. The summed E-state index contributed by atoms with van der Waals surface area (Å²) in [4.78, 5) is 12.7. The Morgan fingerprint density at radius 2 is 1.37 bits per heavy atom. The van der Waals surface area contributed by atoms with E-state index in [1.54, 1.807) is 6.20 Å². The lowest BCUT2D eigenvalue weighted by atomic mass is 10.2. The van der Waals surface area contributed by atoms with Crippen molar-refractivity contribution in [1.82, 2.24) is 9.97 Å². The van der Waals surface area contributed by atoms with Gasteiger partial charge in [-0.1, -0.05) is 57.6 Å². The molecule has 0 saturated carbocycles. The lowest BCUT2D eigenvalue weighted by molar-refractivity contribution is 0.243. The molecule has 0 radical (unpaired) electrons. The van der Waals surface area contributed by atoms with Crippen LogP contribution in [-0.4, -0.2) is 23.1 Å². The Bertz CT molecular complexity index is 768. The minimum atomic E-state index is -0.859. The standard InChI is InChI=1S/C7H18Si.C6H8N4O.C5H6N4O2/c1-7(2,3)8(4,5)6;1-2-5-3-8-6(11-5)4-9-10-7;6-9-8-2-5-7-1-4(3-10)11-5/h1-6H3;3H,2,4H2,1H3;1,10H,2-3H2. The summed E-state index contributed by atoms with van der Waals surface area (Å²) in [7, 11) is -0.859. The molecule has 2 aromatic rings. The first-order chi connectivity index (χ1) is 14.0. The Hall–Kier alpha value is -2.78. The van der Waals surface area contributed by atoms with Crippen LogP contribution < -0.4 is 0 Å². The maximum absolute atomic E-state index is 8.54. The summed E-state index contributed by atoms with van der Waals surface area (Å²) in [6.45, 7) is 16.3. The maximum Gasteiger partial charge on any atom is 0.200 e. The Labute approximate surface area is 177 Å². The van der Waals surface area contributed by atoms with E-state index in [0.29, 0.717) is 22.6 Å². The van der Waals surface area contributed by atoms with Gasteiger partial charge in [0.25, 0.3) is 0 Å². The number of aryl methyl sites for hydroxylation is 1. The second kappa shape index (κ2) is 13.4. The predicted octanol–water partition coefficient (Wildman–Crippen LogP) is 6.15. The second-order valence-electron chi connectivity index (χ2n) is 8.23. The average molecular weight is 437 g/mol. The van der Waals surface area contributed by atoms with Crippen molar-refractivity contribution in [3.05, 3.63) is 56.6 Å². The SMILES string of the molecule is CC(C)(C)[Si](C)(C)C.CCc1cnc(CN=[N+]=[N-])o1.[N-]=[N+]=NCc1ncc(CO)o1. The highest BCUT2D eigenvalue weighted by molar-refractivity contribution is 6.78. The lowest BCUT2D eigenvalue weighted by Gasteiger charge is -2.32. The molecule has 0 fully saturated rings. The molecular weight excluding hydrogens is 404 g/mol. The van der Waals surface area contributed by atoms with E-state index in [4.69, 9.17) is 25.0 Å². The molecule has 1 N–H and O–H groups in total. The molecule has 2 rings (SSSR count). The summed E-state index contributed by atoms with van der Waals surface area (Å²) in [6.07, 6.45) is 3.84. The van der Waals surface area contributed by atoms with Gasteiger partial charge in [0, 0.05) is 24.3 Å². The fourth-order valence-corrected chi connectivity index (χ4v) is 1.26. The molecule has 166 valence electrons.